The molecule has 98 valence electrons. The third-order valence-corrected chi connectivity index (χ3v) is 2.44. The zero-order valence-corrected chi connectivity index (χ0v) is 11.0. The Bertz CT molecular complexity index is 498. The Hall–Kier alpha value is -2.11. The van der Waals surface area contributed by atoms with Crippen molar-refractivity contribution >= 4 is 23.4 Å². The van der Waals surface area contributed by atoms with Crippen molar-refractivity contribution in [3.63, 3.8) is 0 Å². The number of nitrogen functional groups attached to an aromatic ring is 1. The molecule has 1 aromatic heterocycles. The van der Waals surface area contributed by atoms with Crippen molar-refractivity contribution in [3.8, 4) is 0 Å². The van der Waals surface area contributed by atoms with E-state index in [0.717, 1.165) is 0 Å². The second-order valence-electron chi connectivity index (χ2n) is 3.86. The maximum absolute atomic E-state index is 11.8. The molecule has 1 rings (SSSR count). The molecular formula is C12H17N3O3. The van der Waals surface area contributed by atoms with Gasteiger partial charge in [-0.1, -0.05) is 0 Å². The summed E-state index contributed by atoms with van der Waals surface area (Å²) in [6.45, 7) is 6.76. The number of ether oxygens (including phenoxy) is 1. The predicted octanol–water partition coefficient (Wildman–Crippen LogP) is 1.42. The Balaban J connectivity index is 3.34. The fourth-order valence-electron chi connectivity index (χ4n) is 1.70. The summed E-state index contributed by atoms with van der Waals surface area (Å²) in [7, 11) is 0. The van der Waals surface area contributed by atoms with E-state index < -0.39 is 5.97 Å². The fraction of sp³-hybridized carbons (Fsp3) is 0.417. The molecule has 6 heteroatoms. The minimum atomic E-state index is -0.536. The second-order valence-corrected chi connectivity index (χ2v) is 3.86. The van der Waals surface area contributed by atoms with Crippen LogP contribution in [-0.2, 0) is 9.53 Å². The van der Waals surface area contributed by atoms with Crippen LogP contribution < -0.4 is 11.1 Å². The maximum Gasteiger partial charge on any atom is 0.342 e. The molecule has 1 amide bonds. The molecule has 0 aliphatic carbocycles. The molecule has 0 radical (unpaired) electrons. The van der Waals surface area contributed by atoms with E-state index in [1.54, 1.807) is 20.8 Å². The molecule has 6 nitrogen and oxygen atoms in total. The summed E-state index contributed by atoms with van der Waals surface area (Å²) < 4.78 is 4.92. The van der Waals surface area contributed by atoms with Crippen LogP contribution in [0.5, 0.6) is 0 Å². The Morgan fingerprint density at radius 1 is 1.39 bits per heavy atom. The third kappa shape index (κ3) is 2.77. The molecule has 1 aromatic rings. The Kier molecular flexibility index (Phi) is 4.25. The number of aromatic nitrogens is 1. The predicted molar refractivity (Wildman–Crippen MR) is 68.4 cm³/mol. The summed E-state index contributed by atoms with van der Waals surface area (Å²) in [6.07, 6.45) is 0. The van der Waals surface area contributed by atoms with E-state index in [-0.39, 0.29) is 23.9 Å². The first kappa shape index (κ1) is 14.0. The van der Waals surface area contributed by atoms with E-state index >= 15 is 0 Å². The number of anilines is 2. The van der Waals surface area contributed by atoms with Crippen molar-refractivity contribution in [2.75, 3.05) is 17.7 Å². The minimum absolute atomic E-state index is 0.109. The molecule has 0 bridgehead atoms. The normalized spacial score (nSPS) is 10.0. The summed E-state index contributed by atoms with van der Waals surface area (Å²) >= 11 is 0. The second kappa shape index (κ2) is 5.48. The smallest absolute Gasteiger partial charge is 0.342 e. The standard InChI is InChI=1S/C12H17N3O3/c1-5-18-12(17)9-6(2)10(15-8(4)16)7(3)14-11(9)13/h5H2,1-4H3,(H2,13,14)(H,15,16). The summed E-state index contributed by atoms with van der Waals surface area (Å²) in [5, 5.41) is 2.64. The Morgan fingerprint density at radius 2 is 2.00 bits per heavy atom. The summed E-state index contributed by atoms with van der Waals surface area (Å²) in [6, 6.07) is 0. The number of nitrogens with one attached hydrogen (secondary N) is 1. The van der Waals surface area contributed by atoms with Gasteiger partial charge in [-0.25, -0.2) is 9.78 Å². The average molecular weight is 251 g/mol. The van der Waals surface area contributed by atoms with Crippen molar-refractivity contribution in [1.29, 1.82) is 0 Å². The number of hydrogen-bond donors (Lipinski definition) is 2. The van der Waals surface area contributed by atoms with Crippen LogP contribution in [-0.4, -0.2) is 23.5 Å². The van der Waals surface area contributed by atoms with Gasteiger partial charge in [0.05, 0.1) is 18.0 Å². The van der Waals surface area contributed by atoms with Gasteiger partial charge in [0, 0.05) is 6.92 Å². The van der Waals surface area contributed by atoms with Crippen LogP contribution in [0.4, 0.5) is 11.5 Å². The maximum atomic E-state index is 11.8. The molecule has 0 aliphatic heterocycles. The van der Waals surface area contributed by atoms with Crippen LogP contribution in [0.3, 0.4) is 0 Å². The number of aryl methyl sites for hydroxylation is 1. The molecule has 0 unspecified atom stereocenters. The molecule has 0 fully saturated rings. The first-order valence-electron chi connectivity index (χ1n) is 5.59. The molecule has 0 saturated heterocycles. The lowest BCUT2D eigenvalue weighted by molar-refractivity contribution is -0.114. The van der Waals surface area contributed by atoms with Crippen molar-refractivity contribution in [1.82, 2.24) is 4.98 Å². The summed E-state index contributed by atoms with van der Waals surface area (Å²) in [5.74, 6) is -0.660. The highest BCUT2D eigenvalue weighted by Crippen LogP contribution is 2.26. The van der Waals surface area contributed by atoms with Gasteiger partial charge in [0.15, 0.2) is 0 Å². The molecule has 0 aliphatic rings. The number of nitrogens with two attached hydrogens (primary N) is 1. The van der Waals surface area contributed by atoms with E-state index in [9.17, 15) is 9.59 Å². The molecule has 0 saturated carbocycles. The van der Waals surface area contributed by atoms with Gasteiger partial charge in [-0.15, -0.1) is 0 Å². The van der Waals surface area contributed by atoms with E-state index in [2.05, 4.69) is 10.3 Å². The highest BCUT2D eigenvalue weighted by Gasteiger charge is 2.20. The van der Waals surface area contributed by atoms with Crippen LogP contribution in [0.15, 0.2) is 0 Å². The van der Waals surface area contributed by atoms with Crippen LogP contribution in [0.2, 0.25) is 0 Å². The number of hydrogen-bond acceptors (Lipinski definition) is 5. The highest BCUT2D eigenvalue weighted by atomic mass is 16.5. The van der Waals surface area contributed by atoms with Crippen LogP contribution in [0.1, 0.15) is 35.5 Å². The topological polar surface area (TPSA) is 94.3 Å². The molecule has 3 N–H and O–H groups in total. The lowest BCUT2D eigenvalue weighted by atomic mass is 10.1. The molecule has 18 heavy (non-hydrogen) atoms. The minimum Gasteiger partial charge on any atom is -0.462 e. The van der Waals surface area contributed by atoms with Gasteiger partial charge in [-0.3, -0.25) is 4.79 Å². The number of rotatable bonds is 3. The van der Waals surface area contributed by atoms with E-state index in [1.165, 1.54) is 6.92 Å². The SMILES string of the molecule is CCOC(=O)c1c(N)nc(C)c(NC(C)=O)c1C. The van der Waals surface area contributed by atoms with Gasteiger partial charge in [0.2, 0.25) is 5.91 Å². The number of carbonyl (C=O) groups is 2. The lowest BCUT2D eigenvalue weighted by Gasteiger charge is -2.15. The summed E-state index contributed by atoms with van der Waals surface area (Å²) in [4.78, 5) is 27.0. The number of pyridine rings is 1. The first-order chi connectivity index (χ1) is 8.38. The largest absolute Gasteiger partial charge is 0.462 e. The van der Waals surface area contributed by atoms with Gasteiger partial charge in [0.25, 0.3) is 0 Å². The Labute approximate surface area is 106 Å². The van der Waals surface area contributed by atoms with Crippen molar-refractivity contribution < 1.29 is 14.3 Å². The lowest BCUT2D eigenvalue weighted by Crippen LogP contribution is -2.17. The molecule has 0 spiro atoms. The first-order valence-corrected chi connectivity index (χ1v) is 5.59. The van der Waals surface area contributed by atoms with E-state index in [1.807, 2.05) is 0 Å². The van der Waals surface area contributed by atoms with Crippen molar-refractivity contribution in [3.05, 3.63) is 16.8 Å². The van der Waals surface area contributed by atoms with Crippen LogP contribution in [0, 0.1) is 13.8 Å². The average Bonchev–Trinajstić information content (AvgIpc) is 2.24. The van der Waals surface area contributed by atoms with Gasteiger partial charge in [0.1, 0.15) is 11.4 Å². The summed E-state index contributed by atoms with van der Waals surface area (Å²) in [5.41, 5.74) is 7.56. The van der Waals surface area contributed by atoms with E-state index in [4.69, 9.17) is 10.5 Å². The monoisotopic (exact) mass is 251 g/mol. The number of nitrogens with zero attached hydrogens (tertiary/aromatic N) is 1. The fourth-order valence-corrected chi connectivity index (χ4v) is 1.70. The number of esters is 1. The highest BCUT2D eigenvalue weighted by molar-refractivity contribution is 5.99. The van der Waals surface area contributed by atoms with Crippen molar-refractivity contribution in [2.24, 2.45) is 0 Å². The molecule has 0 aromatic carbocycles. The quantitative estimate of drug-likeness (QED) is 0.792. The molecule has 0 atom stereocenters. The number of carbonyl (C=O) groups excluding carboxylic acids is 2. The van der Waals surface area contributed by atoms with Gasteiger partial charge >= 0.3 is 5.97 Å². The van der Waals surface area contributed by atoms with Gasteiger partial charge < -0.3 is 15.8 Å². The van der Waals surface area contributed by atoms with Crippen LogP contribution >= 0.6 is 0 Å². The Morgan fingerprint density at radius 3 is 2.50 bits per heavy atom. The van der Waals surface area contributed by atoms with Gasteiger partial charge in [-0.2, -0.15) is 0 Å². The van der Waals surface area contributed by atoms with Crippen LogP contribution in [0.25, 0.3) is 0 Å². The zero-order chi connectivity index (χ0) is 13.9. The van der Waals surface area contributed by atoms with E-state index in [0.29, 0.717) is 16.9 Å². The zero-order valence-electron chi connectivity index (χ0n) is 11.0. The number of amides is 1. The third-order valence-electron chi connectivity index (χ3n) is 2.44. The molecule has 1 heterocycles. The van der Waals surface area contributed by atoms with Crippen molar-refractivity contribution in [2.45, 2.75) is 27.7 Å². The molecular weight excluding hydrogens is 234 g/mol. The van der Waals surface area contributed by atoms with Gasteiger partial charge in [-0.05, 0) is 26.3 Å².